The lowest BCUT2D eigenvalue weighted by molar-refractivity contribution is 0.0660. The van der Waals surface area contributed by atoms with Crippen molar-refractivity contribution < 1.29 is 19.4 Å². The summed E-state index contributed by atoms with van der Waals surface area (Å²) in [5, 5.41) is 21.3. The molecular weight excluding hydrogens is 222 g/mol. The highest BCUT2D eigenvalue weighted by atomic mass is 16.4. The number of aliphatic hydroxyl groups excluding tert-OH is 1. The monoisotopic (exact) mass is 239 g/mol. The van der Waals surface area contributed by atoms with Crippen molar-refractivity contribution in [2.75, 3.05) is 6.54 Å². The van der Waals surface area contributed by atoms with Crippen LogP contribution in [-0.2, 0) is 6.54 Å². The van der Waals surface area contributed by atoms with Crippen LogP contribution >= 0.6 is 0 Å². The average molecular weight is 239 g/mol. The molecule has 1 heterocycles. The van der Waals surface area contributed by atoms with Crippen LogP contribution in [0.3, 0.4) is 0 Å². The maximum atomic E-state index is 10.6. The predicted molar refractivity (Wildman–Crippen MR) is 60.7 cm³/mol. The molecule has 94 valence electrons. The molecule has 0 aromatic carbocycles. The van der Waals surface area contributed by atoms with Gasteiger partial charge < -0.3 is 19.9 Å². The lowest BCUT2D eigenvalue weighted by atomic mass is 10.1. The van der Waals surface area contributed by atoms with E-state index in [0.717, 1.165) is 25.8 Å². The largest absolute Gasteiger partial charge is 0.475 e. The maximum Gasteiger partial charge on any atom is 0.371 e. The van der Waals surface area contributed by atoms with Gasteiger partial charge in [-0.2, -0.15) is 0 Å². The van der Waals surface area contributed by atoms with Gasteiger partial charge in [0.05, 0.1) is 12.6 Å². The quantitative estimate of drug-likeness (QED) is 0.719. The van der Waals surface area contributed by atoms with Crippen LogP contribution in [0.15, 0.2) is 16.5 Å². The predicted octanol–water partition coefficient (Wildman–Crippen LogP) is 1.23. The Morgan fingerprint density at radius 2 is 2.29 bits per heavy atom. The zero-order valence-corrected chi connectivity index (χ0v) is 9.56. The summed E-state index contributed by atoms with van der Waals surface area (Å²) < 4.78 is 5.12. The number of aromatic carboxylic acids is 1. The molecule has 2 atom stereocenters. The first-order chi connectivity index (χ1) is 8.15. The third-order valence-electron chi connectivity index (χ3n) is 3.12. The van der Waals surface area contributed by atoms with Gasteiger partial charge in [-0.25, -0.2) is 4.79 Å². The number of carboxylic acid groups (broad SMARTS) is 1. The van der Waals surface area contributed by atoms with Crippen molar-refractivity contribution in [3.8, 4) is 0 Å². The Morgan fingerprint density at radius 1 is 1.47 bits per heavy atom. The normalized spacial score (nSPS) is 24.1. The Hall–Kier alpha value is -1.33. The summed E-state index contributed by atoms with van der Waals surface area (Å²) in [7, 11) is 0. The third kappa shape index (κ3) is 3.31. The molecule has 2 unspecified atom stereocenters. The lowest BCUT2D eigenvalue weighted by Crippen LogP contribution is -2.21. The van der Waals surface area contributed by atoms with Crippen molar-refractivity contribution >= 4 is 5.97 Å². The van der Waals surface area contributed by atoms with Crippen LogP contribution < -0.4 is 5.32 Å². The van der Waals surface area contributed by atoms with E-state index < -0.39 is 5.97 Å². The van der Waals surface area contributed by atoms with Crippen LogP contribution in [0.2, 0.25) is 0 Å². The van der Waals surface area contributed by atoms with Crippen LogP contribution in [0.5, 0.6) is 0 Å². The van der Waals surface area contributed by atoms with Crippen LogP contribution in [-0.4, -0.2) is 28.8 Å². The second-order valence-electron chi connectivity index (χ2n) is 4.53. The van der Waals surface area contributed by atoms with Gasteiger partial charge in [0.2, 0.25) is 5.76 Å². The van der Waals surface area contributed by atoms with E-state index in [0.29, 0.717) is 18.2 Å². The molecule has 1 aromatic heterocycles. The Balaban J connectivity index is 1.72. The van der Waals surface area contributed by atoms with Crippen LogP contribution in [0.25, 0.3) is 0 Å². The van der Waals surface area contributed by atoms with Crippen LogP contribution in [0, 0.1) is 5.92 Å². The van der Waals surface area contributed by atoms with Crippen molar-refractivity contribution in [2.45, 2.75) is 31.9 Å². The third-order valence-corrected chi connectivity index (χ3v) is 3.12. The molecule has 17 heavy (non-hydrogen) atoms. The molecule has 2 rings (SSSR count). The van der Waals surface area contributed by atoms with E-state index in [1.807, 2.05) is 0 Å². The molecule has 0 spiro atoms. The number of carbonyl (C=O) groups is 1. The SMILES string of the molecule is O=C(O)c1ccc(CNCC2CCC(O)C2)o1. The fraction of sp³-hybridized carbons (Fsp3) is 0.583. The number of nitrogens with one attached hydrogen (secondary N) is 1. The van der Waals surface area contributed by atoms with Gasteiger partial charge in [-0.15, -0.1) is 0 Å². The van der Waals surface area contributed by atoms with Gasteiger partial charge in [-0.3, -0.25) is 0 Å². The van der Waals surface area contributed by atoms with E-state index in [1.54, 1.807) is 6.07 Å². The topological polar surface area (TPSA) is 82.7 Å². The van der Waals surface area contributed by atoms with Gasteiger partial charge in [0.1, 0.15) is 5.76 Å². The van der Waals surface area contributed by atoms with Gasteiger partial charge in [0, 0.05) is 0 Å². The first-order valence-electron chi connectivity index (χ1n) is 5.86. The van der Waals surface area contributed by atoms with E-state index in [1.165, 1.54) is 6.07 Å². The number of carboxylic acids is 1. The fourth-order valence-corrected chi connectivity index (χ4v) is 2.22. The second kappa shape index (κ2) is 5.33. The van der Waals surface area contributed by atoms with Crippen molar-refractivity contribution in [3.05, 3.63) is 23.7 Å². The summed E-state index contributed by atoms with van der Waals surface area (Å²) in [6.45, 7) is 1.36. The molecule has 0 saturated heterocycles. The Morgan fingerprint density at radius 3 is 2.88 bits per heavy atom. The van der Waals surface area contributed by atoms with Crippen molar-refractivity contribution in [3.63, 3.8) is 0 Å². The number of hydrogen-bond acceptors (Lipinski definition) is 4. The van der Waals surface area contributed by atoms with E-state index in [-0.39, 0.29) is 11.9 Å². The number of rotatable bonds is 5. The van der Waals surface area contributed by atoms with Gasteiger partial charge in [0.15, 0.2) is 0 Å². The summed E-state index contributed by atoms with van der Waals surface area (Å²) in [6.07, 6.45) is 2.64. The lowest BCUT2D eigenvalue weighted by Gasteiger charge is -2.09. The Kier molecular flexibility index (Phi) is 3.81. The molecule has 1 aliphatic carbocycles. The zero-order valence-electron chi connectivity index (χ0n) is 9.56. The summed E-state index contributed by atoms with van der Waals surface area (Å²) in [4.78, 5) is 10.6. The highest BCUT2D eigenvalue weighted by molar-refractivity contribution is 5.84. The summed E-state index contributed by atoms with van der Waals surface area (Å²) >= 11 is 0. The van der Waals surface area contributed by atoms with Crippen LogP contribution in [0.4, 0.5) is 0 Å². The number of hydrogen-bond donors (Lipinski definition) is 3. The zero-order chi connectivity index (χ0) is 12.3. The molecule has 3 N–H and O–H groups in total. The molecule has 1 aromatic rings. The highest BCUT2D eigenvalue weighted by Gasteiger charge is 2.22. The Labute approximate surface area is 99.4 Å². The average Bonchev–Trinajstić information content (AvgIpc) is 2.88. The molecule has 5 heteroatoms. The Bertz CT molecular complexity index is 388. The summed E-state index contributed by atoms with van der Waals surface area (Å²) in [5.41, 5.74) is 0. The fourth-order valence-electron chi connectivity index (χ4n) is 2.22. The molecule has 0 aliphatic heterocycles. The van der Waals surface area contributed by atoms with Gasteiger partial charge in [-0.05, 0) is 43.9 Å². The molecule has 0 bridgehead atoms. The van der Waals surface area contributed by atoms with Gasteiger partial charge >= 0.3 is 5.97 Å². The molecule has 5 nitrogen and oxygen atoms in total. The van der Waals surface area contributed by atoms with E-state index in [9.17, 15) is 9.90 Å². The minimum atomic E-state index is -1.05. The molecule has 1 fully saturated rings. The molecule has 0 radical (unpaired) electrons. The first-order valence-corrected chi connectivity index (χ1v) is 5.86. The first kappa shape index (κ1) is 12.1. The molecular formula is C12H17NO4. The molecule has 1 aliphatic rings. The summed E-state index contributed by atoms with van der Waals surface area (Å²) in [6, 6.07) is 3.12. The van der Waals surface area contributed by atoms with Crippen molar-refractivity contribution in [2.24, 2.45) is 5.92 Å². The molecule has 0 amide bonds. The van der Waals surface area contributed by atoms with Crippen molar-refractivity contribution in [1.82, 2.24) is 5.32 Å². The van der Waals surface area contributed by atoms with E-state index in [4.69, 9.17) is 9.52 Å². The van der Waals surface area contributed by atoms with Gasteiger partial charge in [-0.1, -0.05) is 0 Å². The van der Waals surface area contributed by atoms with E-state index in [2.05, 4.69) is 5.32 Å². The second-order valence-corrected chi connectivity index (χ2v) is 4.53. The minimum Gasteiger partial charge on any atom is -0.475 e. The van der Waals surface area contributed by atoms with Gasteiger partial charge in [0.25, 0.3) is 0 Å². The minimum absolute atomic E-state index is 0.0295. The number of furan rings is 1. The standard InChI is InChI=1S/C12H17NO4/c14-9-2-1-8(5-9)6-13-7-10-3-4-11(17-10)12(15)16/h3-4,8-9,13-14H,1-2,5-7H2,(H,15,16). The van der Waals surface area contributed by atoms with E-state index >= 15 is 0 Å². The van der Waals surface area contributed by atoms with Crippen LogP contribution in [0.1, 0.15) is 35.6 Å². The smallest absolute Gasteiger partial charge is 0.371 e. The summed E-state index contributed by atoms with van der Waals surface area (Å²) in [5.74, 6) is 0.0631. The molecule has 1 saturated carbocycles. The number of aliphatic hydroxyl groups is 1. The highest BCUT2D eigenvalue weighted by Crippen LogP contribution is 2.24. The maximum absolute atomic E-state index is 10.6. The van der Waals surface area contributed by atoms with Crippen molar-refractivity contribution in [1.29, 1.82) is 0 Å².